The molecule has 0 spiro atoms. The molecule has 1 unspecified atom stereocenters. The van der Waals surface area contributed by atoms with Gasteiger partial charge < -0.3 is 15.5 Å². The number of hydrogen-bond donors (Lipinski definition) is 3. The molecule has 198 valence electrons. The summed E-state index contributed by atoms with van der Waals surface area (Å²) in [6, 6.07) is 12.0. The van der Waals surface area contributed by atoms with Crippen molar-refractivity contribution in [3.63, 3.8) is 0 Å². The third kappa shape index (κ3) is 7.83. The molecule has 1 atom stereocenters. The van der Waals surface area contributed by atoms with Crippen LogP contribution in [-0.2, 0) is 34.1 Å². The second-order valence-electron chi connectivity index (χ2n) is 10.5. The Balaban J connectivity index is 1.53. The highest BCUT2D eigenvalue weighted by molar-refractivity contribution is 7.89. The van der Waals surface area contributed by atoms with Gasteiger partial charge in [0.25, 0.3) is 0 Å². The van der Waals surface area contributed by atoms with E-state index >= 15 is 0 Å². The summed E-state index contributed by atoms with van der Waals surface area (Å²) in [5.41, 5.74) is 2.97. The van der Waals surface area contributed by atoms with Crippen LogP contribution in [0.3, 0.4) is 0 Å². The van der Waals surface area contributed by atoms with E-state index in [0.29, 0.717) is 11.5 Å². The van der Waals surface area contributed by atoms with Crippen molar-refractivity contribution >= 4 is 16.0 Å². The van der Waals surface area contributed by atoms with Crippen molar-refractivity contribution in [1.29, 1.82) is 0 Å². The summed E-state index contributed by atoms with van der Waals surface area (Å²) >= 11 is 0. The Bertz CT molecular complexity index is 1140. The van der Waals surface area contributed by atoms with Crippen molar-refractivity contribution in [3.8, 4) is 0 Å². The molecule has 0 aromatic heterocycles. The van der Waals surface area contributed by atoms with Gasteiger partial charge in [0.1, 0.15) is 5.82 Å². The van der Waals surface area contributed by atoms with Crippen LogP contribution in [0.5, 0.6) is 0 Å². The number of carbonyl (C=O) groups is 1. The SMILES string of the molecule is CN(CC(O)CNC(C)(C)CC1Cc2ccccc2C1)S(=O)(=O)c1cc(F)cc(CCCC(=O)O)c1. The van der Waals surface area contributed by atoms with Crippen molar-refractivity contribution in [3.05, 3.63) is 65.0 Å². The molecule has 36 heavy (non-hydrogen) atoms. The monoisotopic (exact) mass is 520 g/mol. The number of hydrogen-bond acceptors (Lipinski definition) is 5. The highest BCUT2D eigenvalue weighted by Crippen LogP contribution is 2.32. The van der Waals surface area contributed by atoms with Crippen LogP contribution in [0, 0.1) is 11.7 Å². The molecule has 9 heteroatoms. The summed E-state index contributed by atoms with van der Waals surface area (Å²) in [5.74, 6) is -1.14. The number of likely N-dealkylation sites (N-methyl/N-ethyl adjacent to an activating group) is 1. The van der Waals surface area contributed by atoms with Gasteiger partial charge in [-0.25, -0.2) is 12.8 Å². The summed E-state index contributed by atoms with van der Waals surface area (Å²) in [6.07, 6.45) is 2.50. The van der Waals surface area contributed by atoms with Crippen molar-refractivity contribution < 1.29 is 27.8 Å². The molecule has 2 aromatic carbocycles. The molecular formula is C27H37FN2O5S. The number of sulfonamides is 1. The van der Waals surface area contributed by atoms with E-state index in [1.54, 1.807) is 0 Å². The number of benzene rings is 2. The molecule has 0 saturated carbocycles. The fraction of sp³-hybridized carbons (Fsp3) is 0.519. The topological polar surface area (TPSA) is 107 Å². The van der Waals surface area contributed by atoms with Gasteiger partial charge in [0.2, 0.25) is 10.0 Å². The van der Waals surface area contributed by atoms with Gasteiger partial charge in [-0.1, -0.05) is 24.3 Å². The van der Waals surface area contributed by atoms with Crippen LogP contribution < -0.4 is 5.32 Å². The third-order valence-electron chi connectivity index (χ3n) is 6.71. The molecule has 0 fully saturated rings. The maximum absolute atomic E-state index is 14.1. The Morgan fingerprint density at radius 3 is 2.44 bits per heavy atom. The Labute approximate surface area is 213 Å². The summed E-state index contributed by atoms with van der Waals surface area (Å²) in [4.78, 5) is 10.5. The molecule has 0 saturated heterocycles. The first-order valence-corrected chi connectivity index (χ1v) is 13.8. The van der Waals surface area contributed by atoms with Crippen molar-refractivity contribution in [2.24, 2.45) is 5.92 Å². The molecule has 3 N–H and O–H groups in total. The molecule has 0 heterocycles. The molecule has 1 aliphatic rings. The van der Waals surface area contributed by atoms with E-state index in [1.807, 2.05) is 0 Å². The predicted octanol–water partition coefficient (Wildman–Crippen LogP) is 3.39. The fourth-order valence-corrected chi connectivity index (χ4v) is 6.27. The number of aliphatic hydroxyl groups is 1. The second kappa shape index (κ2) is 11.8. The summed E-state index contributed by atoms with van der Waals surface area (Å²) in [5, 5.41) is 22.7. The number of aryl methyl sites for hydroxylation is 1. The highest BCUT2D eigenvalue weighted by Gasteiger charge is 2.29. The zero-order valence-corrected chi connectivity index (χ0v) is 22.0. The molecule has 2 aromatic rings. The summed E-state index contributed by atoms with van der Waals surface area (Å²) < 4.78 is 41.2. The van der Waals surface area contributed by atoms with Crippen LogP contribution in [0.25, 0.3) is 0 Å². The molecule has 0 bridgehead atoms. The first kappa shape index (κ1) is 28.2. The number of nitrogens with zero attached hydrogens (tertiary/aromatic N) is 1. The Morgan fingerprint density at radius 2 is 1.83 bits per heavy atom. The number of rotatable bonds is 13. The van der Waals surface area contributed by atoms with E-state index in [1.165, 1.54) is 30.3 Å². The standard InChI is InChI=1S/C27H37FN2O5S/c1-27(2,16-20-11-21-8-4-5-9-22(21)12-20)29-17-24(31)18-30(3)36(34,35)25-14-19(13-23(28)15-25)7-6-10-26(32)33/h4-5,8-9,13-15,20,24,29,31H,6-7,10-12,16-18H2,1-3H3,(H,32,33). The van der Waals surface area contributed by atoms with Crippen molar-refractivity contribution in [1.82, 2.24) is 9.62 Å². The lowest BCUT2D eigenvalue weighted by atomic mass is 9.88. The lowest BCUT2D eigenvalue weighted by Crippen LogP contribution is -2.47. The van der Waals surface area contributed by atoms with Gasteiger partial charge in [0.15, 0.2) is 0 Å². The van der Waals surface area contributed by atoms with Crippen LogP contribution in [0.4, 0.5) is 4.39 Å². The smallest absolute Gasteiger partial charge is 0.303 e. The number of carboxylic acid groups (broad SMARTS) is 1. The Hall–Kier alpha value is -2.33. The van der Waals surface area contributed by atoms with E-state index in [4.69, 9.17) is 5.11 Å². The average Bonchev–Trinajstić information content (AvgIpc) is 3.18. The van der Waals surface area contributed by atoms with Gasteiger partial charge in [0, 0.05) is 32.1 Å². The van der Waals surface area contributed by atoms with Gasteiger partial charge >= 0.3 is 5.97 Å². The normalized spacial score (nSPS) is 15.3. The number of aliphatic carboxylic acids is 1. The number of nitrogens with one attached hydrogen (secondary N) is 1. The molecule has 1 aliphatic carbocycles. The first-order chi connectivity index (χ1) is 16.9. The quantitative estimate of drug-likeness (QED) is 0.374. The van der Waals surface area contributed by atoms with E-state index in [2.05, 4.69) is 43.4 Å². The number of aliphatic hydroxyl groups excluding tert-OH is 1. The third-order valence-corrected chi connectivity index (χ3v) is 8.52. The van der Waals surface area contributed by atoms with Crippen LogP contribution in [0.15, 0.2) is 47.4 Å². The minimum atomic E-state index is -4.03. The predicted molar refractivity (Wildman–Crippen MR) is 137 cm³/mol. The van der Waals surface area contributed by atoms with Crippen LogP contribution in [-0.4, -0.2) is 60.7 Å². The number of fused-ring (bicyclic) bond motifs is 1. The second-order valence-corrected chi connectivity index (χ2v) is 12.5. The minimum absolute atomic E-state index is 0.0816. The lowest BCUT2D eigenvalue weighted by Gasteiger charge is -2.31. The maximum Gasteiger partial charge on any atom is 0.303 e. The molecule has 0 amide bonds. The van der Waals surface area contributed by atoms with E-state index in [9.17, 15) is 22.7 Å². The van der Waals surface area contributed by atoms with Gasteiger partial charge in [-0.05, 0) is 86.8 Å². The van der Waals surface area contributed by atoms with Crippen LogP contribution in [0.1, 0.15) is 49.8 Å². The van der Waals surface area contributed by atoms with E-state index in [-0.39, 0.29) is 42.8 Å². The maximum atomic E-state index is 14.1. The van der Waals surface area contributed by atoms with Gasteiger partial charge in [-0.3, -0.25) is 4.79 Å². The highest BCUT2D eigenvalue weighted by atomic mass is 32.2. The number of carboxylic acids is 1. The average molecular weight is 521 g/mol. The Kier molecular flexibility index (Phi) is 9.27. The molecule has 0 aliphatic heterocycles. The minimum Gasteiger partial charge on any atom is -0.481 e. The van der Waals surface area contributed by atoms with E-state index in [0.717, 1.165) is 29.6 Å². The summed E-state index contributed by atoms with van der Waals surface area (Å²) in [6.45, 7) is 4.24. The van der Waals surface area contributed by atoms with E-state index < -0.39 is 27.9 Å². The van der Waals surface area contributed by atoms with Crippen molar-refractivity contribution in [2.75, 3.05) is 20.1 Å². The van der Waals surface area contributed by atoms with Gasteiger partial charge in [-0.15, -0.1) is 0 Å². The molecule has 7 nitrogen and oxygen atoms in total. The van der Waals surface area contributed by atoms with Crippen LogP contribution in [0.2, 0.25) is 0 Å². The number of halogens is 1. The largest absolute Gasteiger partial charge is 0.481 e. The zero-order chi connectivity index (χ0) is 26.5. The fourth-order valence-electron chi connectivity index (χ4n) is 4.98. The zero-order valence-electron chi connectivity index (χ0n) is 21.2. The molecule has 3 rings (SSSR count). The molecule has 0 radical (unpaired) electrons. The van der Waals surface area contributed by atoms with Crippen LogP contribution >= 0.6 is 0 Å². The number of β-amino-alcohol motifs (C(OH)–C–C–N with tert-alkyl or cyclic N) is 1. The van der Waals surface area contributed by atoms with Gasteiger partial charge in [0.05, 0.1) is 11.0 Å². The first-order valence-electron chi connectivity index (χ1n) is 12.3. The Morgan fingerprint density at radius 1 is 1.19 bits per heavy atom. The van der Waals surface area contributed by atoms with Gasteiger partial charge in [-0.2, -0.15) is 4.31 Å². The lowest BCUT2D eigenvalue weighted by molar-refractivity contribution is -0.137. The molecular weight excluding hydrogens is 483 g/mol. The van der Waals surface area contributed by atoms with Crippen molar-refractivity contribution in [2.45, 2.75) is 68.9 Å². The summed E-state index contributed by atoms with van der Waals surface area (Å²) in [7, 11) is -2.68.